The second kappa shape index (κ2) is 24.4. The predicted octanol–water partition coefficient (Wildman–Crippen LogP) is 6.18. The first kappa shape index (κ1) is 51.4. The third kappa shape index (κ3) is 11.9. The Kier molecular flexibility index (Phi) is 13.5. The fourth-order valence-electron chi connectivity index (χ4n) is 12.4. The average Bonchev–Trinajstić information content (AvgIpc) is 1.57. The molecule has 93 heavy (non-hydrogen) atoms. The Hall–Kier alpha value is -10.2. The van der Waals surface area contributed by atoms with Crippen LogP contribution in [0.4, 0.5) is 23.3 Å². The lowest BCUT2D eigenvalue weighted by molar-refractivity contribution is -0.658. The Bertz CT molecular complexity index is 5760. The number of hydrogen-bond donors (Lipinski definition) is 0. The van der Waals surface area contributed by atoms with Crippen LogP contribution in [0, 0.1) is 62.1 Å². The molecule has 0 radical (unpaired) electrons. The summed E-state index contributed by atoms with van der Waals surface area (Å²) in [4.78, 5) is 26.6. The van der Waals surface area contributed by atoms with Crippen molar-refractivity contribution < 1.29 is 48.3 Å². The van der Waals surface area contributed by atoms with Crippen molar-refractivity contribution in [2.75, 3.05) is 19.2 Å². The minimum atomic E-state index is -2.12. The van der Waals surface area contributed by atoms with Crippen LogP contribution in [-0.2, 0) is 28.2 Å². The lowest BCUT2D eigenvalue weighted by Gasteiger charge is -2.19. The van der Waals surface area contributed by atoms with Crippen molar-refractivity contribution in [1.82, 2.24) is 19.9 Å². The van der Waals surface area contributed by atoms with E-state index in [0.29, 0.717) is 39.5 Å². The second-order valence-corrected chi connectivity index (χ2v) is 24.8. The van der Waals surface area contributed by atoms with Gasteiger partial charge in [-0.25, -0.2) is 38.2 Å². The van der Waals surface area contributed by atoms with Crippen LogP contribution in [0.3, 0.4) is 0 Å². The fraction of sp³-hybridized carbons (Fsp3) is 0.233. The van der Waals surface area contributed by atoms with Crippen molar-refractivity contribution >= 4 is 144 Å². The first-order valence-corrected chi connectivity index (χ1v) is 31.2. The molecule has 0 spiro atoms. The average molecular weight is 1240 g/mol. The third-order valence-corrected chi connectivity index (χ3v) is 17.4. The number of fused-ring (bicyclic) bond motifs is 12. The second-order valence-electron chi connectivity index (χ2n) is 24.8. The van der Waals surface area contributed by atoms with E-state index >= 15 is 0 Å². The highest BCUT2D eigenvalue weighted by atomic mass is 16.3. The van der Waals surface area contributed by atoms with Crippen LogP contribution in [0.15, 0.2) is 133 Å². The molecule has 0 aliphatic carbocycles. The molecule has 0 aromatic carbocycles. The minimum Gasteiger partial charge on any atom is -0.439 e. The summed E-state index contributed by atoms with van der Waals surface area (Å²) in [5.41, 5.74) is 12.8. The predicted molar refractivity (Wildman–Crippen MR) is 378 cm³/mol. The molecule has 0 fully saturated rings. The van der Waals surface area contributed by atoms with E-state index in [1.807, 2.05) is 143 Å². The molecule has 16 rings (SSSR count). The summed E-state index contributed by atoms with van der Waals surface area (Å²) in [6.45, 7) is 14.2. The Morgan fingerprint density at radius 3 is 1.02 bits per heavy atom. The first-order valence-electron chi connectivity index (χ1n) is 35.7. The molecule has 0 bridgehead atoms. The summed E-state index contributed by atoms with van der Waals surface area (Å²) in [6, 6.07) is 29.4. The summed E-state index contributed by atoms with van der Waals surface area (Å²) in [6.07, 6.45) is 15.5. The van der Waals surface area contributed by atoms with Gasteiger partial charge in [-0.15, -0.1) is 0 Å². The van der Waals surface area contributed by atoms with E-state index in [2.05, 4.69) is 146 Å². The van der Waals surface area contributed by atoms with E-state index in [4.69, 9.17) is 30.0 Å². The van der Waals surface area contributed by atoms with Gasteiger partial charge in [-0.2, -0.15) is 0 Å². The van der Waals surface area contributed by atoms with Crippen LogP contribution in [0.2, 0.25) is 27.3 Å². The number of furan rings is 4. The third-order valence-electron chi connectivity index (χ3n) is 17.4. The molecule has 0 unspecified atom stereocenters. The van der Waals surface area contributed by atoms with Crippen molar-refractivity contribution in [3.05, 3.63) is 209 Å². The Balaban J connectivity index is 0.000000122. The van der Waals surface area contributed by atoms with Gasteiger partial charge >= 0.3 is 27.4 Å². The fourth-order valence-corrected chi connectivity index (χ4v) is 12.4. The zero-order chi connectivity index (χ0) is 72.9. The summed E-state index contributed by atoms with van der Waals surface area (Å²) in [5.74, 6) is 12.2. The molecule has 0 saturated heterocycles. The van der Waals surface area contributed by atoms with Crippen LogP contribution in [0.1, 0.15) is 62.9 Å². The van der Waals surface area contributed by atoms with E-state index in [1.165, 1.54) is 5.56 Å². The van der Waals surface area contributed by atoms with Crippen LogP contribution in [-0.4, -0.2) is 47.3 Å². The van der Waals surface area contributed by atoms with Gasteiger partial charge in [0.2, 0.25) is 22.9 Å². The van der Waals surface area contributed by atoms with Gasteiger partial charge in [0.05, 0.1) is 120 Å². The Morgan fingerprint density at radius 2 is 0.688 bits per heavy atom. The number of nitrogens with zero attached hydrogens (tertiary/aromatic N) is 12. The molecule has 12 aromatic heterocycles. The molecule has 0 N–H and O–H groups in total. The lowest BCUT2D eigenvalue weighted by atomic mass is 9.62. The molecule has 16 nitrogen and oxygen atoms in total. The standard InChI is InChI=1S/C19H21BN3O.3C18H19BN3O/c1-12-8-18(22(5)10-13(12)2)23-11-16-15-7-6-14(3)21-19(15)24-17(16)9-20(23)4;2*1-12-5-8-17(21(4)10-12)22-11-15-14-7-6-13(2)20-18(14)23-16(15)9-19(22)3;1-12-7-8-21(4)17(9-12)22-11-15-14-6-5-13(2)20-18(14)23-16(15)10-19(22)3/h6-11H,1-5H3;3*5-11H,1-4H3/q4*+1/i2D3;2*1D3;. The highest BCUT2D eigenvalue weighted by Crippen LogP contribution is 2.22. The number of aromatic nitrogens is 8. The quantitative estimate of drug-likeness (QED) is 0.147. The molecule has 4 aliphatic heterocycles. The molecule has 0 atom stereocenters. The van der Waals surface area contributed by atoms with Gasteiger partial charge in [-0.3, -0.25) is 19.2 Å². The Labute approximate surface area is 555 Å². The molecule has 4 aliphatic rings. The van der Waals surface area contributed by atoms with E-state index in [-0.39, 0.29) is 27.4 Å². The van der Waals surface area contributed by atoms with Gasteiger partial charge in [0.1, 0.15) is 21.7 Å². The SMILES string of the molecule is CB1C=c2oc3nc(C)ccc3c2=CN1c1cc(C)cc[n+]1C.[2H]C([2H])([2H])c1c[n+](C)c(N2C=c3c(oc4nc(C)ccc34)=CB2C)cc1C.[2H]C([2H])([2H])c1ccc(N2C=c3c(oc4nc(C)ccc34)=CB2C)[n+](C)c1.[2H]C([2H])([2H])c1ccc(N2C=c3c(oc4nc(C)ccc34)=CB2C)[n+](C)c1. The molecule has 462 valence electrons. The molecule has 12 aromatic rings. The molecule has 0 saturated carbocycles. The van der Waals surface area contributed by atoms with Crippen LogP contribution < -0.4 is 80.0 Å². The van der Waals surface area contributed by atoms with E-state index in [1.54, 1.807) is 30.7 Å². The molecule has 0 amide bonds. The first-order chi connectivity index (χ1) is 48.1. The summed E-state index contributed by atoms with van der Waals surface area (Å²) in [7, 11) is 7.67. The molecular formula is C73H78B4N12O4+4. The van der Waals surface area contributed by atoms with Crippen molar-refractivity contribution in [2.24, 2.45) is 28.2 Å². The molecular weight excluding hydrogens is 1150 g/mol. The maximum absolute atomic E-state index is 7.72. The lowest BCUT2D eigenvalue weighted by Crippen LogP contribution is -2.47. The number of aryl methyl sites for hydroxylation is 13. The van der Waals surface area contributed by atoms with Crippen molar-refractivity contribution in [3.63, 3.8) is 0 Å². The van der Waals surface area contributed by atoms with E-state index < -0.39 is 20.6 Å². The maximum atomic E-state index is 7.72. The van der Waals surface area contributed by atoms with Crippen LogP contribution in [0.25, 0.3) is 93.1 Å². The smallest absolute Gasteiger partial charge is 0.405 e. The topological polar surface area (TPSA) is 133 Å². The van der Waals surface area contributed by atoms with Gasteiger partial charge in [-0.1, -0.05) is 0 Å². The highest BCUT2D eigenvalue weighted by Gasteiger charge is 2.34. The van der Waals surface area contributed by atoms with Crippen molar-refractivity contribution in [2.45, 2.75) is 89.4 Å². The number of pyridine rings is 8. The van der Waals surface area contributed by atoms with E-state index in [9.17, 15) is 0 Å². The van der Waals surface area contributed by atoms with Crippen LogP contribution in [0.5, 0.6) is 0 Å². The van der Waals surface area contributed by atoms with E-state index in [0.717, 1.165) is 116 Å². The summed E-state index contributed by atoms with van der Waals surface area (Å²) < 4.78 is 100. The maximum Gasteiger partial charge on any atom is 0.405 e. The van der Waals surface area contributed by atoms with Gasteiger partial charge in [0, 0.05) is 59.4 Å². The van der Waals surface area contributed by atoms with Crippen molar-refractivity contribution in [1.29, 1.82) is 0 Å². The highest BCUT2D eigenvalue weighted by molar-refractivity contribution is 6.78. The van der Waals surface area contributed by atoms with Gasteiger partial charge in [-0.05, 0) is 208 Å². The molecule has 20 heteroatoms. The van der Waals surface area contributed by atoms with Crippen molar-refractivity contribution in [3.8, 4) is 0 Å². The largest absolute Gasteiger partial charge is 0.439 e. The summed E-state index contributed by atoms with van der Waals surface area (Å²) in [5, 5.41) is 8.06. The zero-order valence-electron chi connectivity index (χ0n) is 63.9. The minimum absolute atomic E-state index is 0.0587. The molecule has 16 heterocycles. The Morgan fingerprint density at radius 1 is 0.355 bits per heavy atom. The van der Waals surface area contributed by atoms with Crippen LogP contribution >= 0.6 is 0 Å². The summed E-state index contributed by atoms with van der Waals surface area (Å²) >= 11 is 0. The normalized spacial score (nSPS) is 15.6. The number of anilines is 4. The van der Waals surface area contributed by atoms with Gasteiger partial charge < -0.3 is 17.7 Å². The zero-order valence-corrected chi connectivity index (χ0v) is 54.9. The van der Waals surface area contributed by atoms with Gasteiger partial charge in [0.25, 0.3) is 23.3 Å². The number of hydrogen-bond acceptors (Lipinski definition) is 12. The monoisotopic (exact) mass is 1240 g/mol. The van der Waals surface area contributed by atoms with Gasteiger partial charge in [0.15, 0.2) is 0 Å². The number of rotatable bonds is 4.